The van der Waals surface area contributed by atoms with Gasteiger partial charge in [-0.1, -0.05) is 0 Å². The molecule has 0 aliphatic rings. The molecule has 3 atom stereocenters. The fourth-order valence-electron chi connectivity index (χ4n) is 2.60. The molecular weight excluding hydrogens is 370 g/mol. The van der Waals surface area contributed by atoms with Gasteiger partial charge in [-0.05, 0) is 22.9 Å². The van der Waals surface area contributed by atoms with Gasteiger partial charge in [0.2, 0.25) is 0 Å². The van der Waals surface area contributed by atoms with E-state index in [1.54, 1.807) is 6.20 Å². The van der Waals surface area contributed by atoms with Crippen molar-refractivity contribution in [2.45, 2.75) is 24.7 Å². The summed E-state index contributed by atoms with van der Waals surface area (Å²) in [7, 11) is 5.89. The second kappa shape index (κ2) is 8.91. The van der Waals surface area contributed by atoms with Crippen molar-refractivity contribution in [3.8, 4) is 5.75 Å². The number of pyridine rings is 1. The Morgan fingerprint density at radius 3 is 2.39 bits per heavy atom. The zero-order chi connectivity index (χ0) is 17.6. The number of halogens is 1. The van der Waals surface area contributed by atoms with Crippen LogP contribution < -0.4 is 4.74 Å². The molecule has 7 nitrogen and oxygen atoms in total. The Morgan fingerprint density at radius 2 is 1.96 bits per heavy atom. The third kappa shape index (κ3) is 3.84. The van der Waals surface area contributed by atoms with Crippen LogP contribution in [0.4, 0.5) is 0 Å². The third-order valence-corrected chi connectivity index (χ3v) is 4.67. The molecule has 3 unspecified atom stereocenters. The summed E-state index contributed by atoms with van der Waals surface area (Å²) in [5.74, 6) is 0.508. The first-order valence-electron chi connectivity index (χ1n) is 6.98. The van der Waals surface area contributed by atoms with Crippen molar-refractivity contribution in [3.05, 3.63) is 21.9 Å². The maximum absolute atomic E-state index is 10.3. The van der Waals surface area contributed by atoms with Crippen LogP contribution in [0.25, 0.3) is 0 Å². The molecule has 0 aromatic carbocycles. The van der Waals surface area contributed by atoms with Crippen LogP contribution in [0.5, 0.6) is 5.75 Å². The van der Waals surface area contributed by atoms with Crippen molar-refractivity contribution in [1.82, 2.24) is 4.98 Å². The van der Waals surface area contributed by atoms with Gasteiger partial charge in [-0.2, -0.15) is 0 Å². The molecule has 1 aromatic heterocycles. The third-order valence-electron chi connectivity index (χ3n) is 3.87. The molecule has 0 spiro atoms. The van der Waals surface area contributed by atoms with Gasteiger partial charge in [-0.25, -0.2) is 0 Å². The first kappa shape index (κ1) is 20.3. The van der Waals surface area contributed by atoms with E-state index in [0.29, 0.717) is 11.4 Å². The minimum atomic E-state index is -1.35. The number of rotatable bonds is 9. The molecular formula is C15H24BrNO6. The fraction of sp³-hybridized carbons (Fsp3) is 0.667. The van der Waals surface area contributed by atoms with E-state index in [9.17, 15) is 10.2 Å². The highest BCUT2D eigenvalue weighted by Gasteiger charge is 2.49. The minimum absolute atomic E-state index is 0.0102. The number of aliphatic hydroxyl groups excluding tert-OH is 2. The maximum Gasteiger partial charge on any atom is 0.151 e. The molecule has 2 N–H and O–H groups in total. The Labute approximate surface area is 144 Å². The van der Waals surface area contributed by atoms with E-state index in [1.165, 1.54) is 28.4 Å². The molecule has 132 valence electrons. The Bertz CT molecular complexity index is 515. The molecule has 0 aliphatic heterocycles. The van der Waals surface area contributed by atoms with Gasteiger partial charge in [-0.15, -0.1) is 0 Å². The summed E-state index contributed by atoms with van der Waals surface area (Å²) >= 11 is 3.40. The van der Waals surface area contributed by atoms with Crippen LogP contribution in [-0.4, -0.2) is 68.6 Å². The molecule has 0 radical (unpaired) electrons. The van der Waals surface area contributed by atoms with Crippen molar-refractivity contribution in [2.75, 3.05) is 41.7 Å². The topological polar surface area (TPSA) is 90.3 Å². The number of nitrogens with zero attached hydrogens (tertiary/aromatic N) is 1. The lowest BCUT2D eigenvalue weighted by Crippen LogP contribution is -2.55. The summed E-state index contributed by atoms with van der Waals surface area (Å²) in [4.78, 5) is 4.37. The van der Waals surface area contributed by atoms with Gasteiger partial charge in [0.25, 0.3) is 0 Å². The van der Waals surface area contributed by atoms with Crippen LogP contribution in [0.15, 0.2) is 10.7 Å². The summed E-state index contributed by atoms with van der Waals surface area (Å²) in [6.07, 6.45) is -0.443. The summed E-state index contributed by atoms with van der Waals surface area (Å²) in [6, 6.07) is 0. The van der Waals surface area contributed by atoms with Crippen LogP contribution >= 0.6 is 15.9 Å². The molecule has 0 fully saturated rings. The van der Waals surface area contributed by atoms with Crippen molar-refractivity contribution < 1.29 is 29.2 Å². The van der Waals surface area contributed by atoms with E-state index >= 15 is 0 Å². The highest BCUT2D eigenvalue weighted by molar-refractivity contribution is 9.10. The van der Waals surface area contributed by atoms with Crippen LogP contribution in [0.3, 0.4) is 0 Å². The Hall–Kier alpha value is -0.770. The monoisotopic (exact) mass is 393 g/mol. The van der Waals surface area contributed by atoms with E-state index in [1.807, 2.05) is 6.92 Å². The van der Waals surface area contributed by atoms with E-state index < -0.39 is 24.4 Å². The number of aliphatic hydroxyl groups is 2. The summed E-state index contributed by atoms with van der Waals surface area (Å²) in [5, 5.41) is 19.8. The molecule has 0 saturated carbocycles. The average molecular weight is 394 g/mol. The minimum Gasteiger partial charge on any atom is -0.494 e. The molecule has 0 amide bonds. The molecule has 0 aliphatic carbocycles. The van der Waals surface area contributed by atoms with Gasteiger partial charge in [0.1, 0.15) is 23.7 Å². The van der Waals surface area contributed by atoms with Crippen LogP contribution in [0, 0.1) is 6.92 Å². The van der Waals surface area contributed by atoms with Gasteiger partial charge in [0, 0.05) is 37.6 Å². The van der Waals surface area contributed by atoms with Gasteiger partial charge >= 0.3 is 0 Å². The predicted molar refractivity (Wildman–Crippen MR) is 87.7 cm³/mol. The second-order valence-electron chi connectivity index (χ2n) is 5.06. The molecule has 0 saturated heterocycles. The highest BCUT2D eigenvalue weighted by atomic mass is 79.9. The normalized spacial score (nSPS) is 16.7. The first-order valence-corrected chi connectivity index (χ1v) is 7.77. The molecule has 0 bridgehead atoms. The Balaban J connectivity index is 3.52. The molecule has 8 heteroatoms. The lowest BCUT2D eigenvalue weighted by Gasteiger charge is -2.41. The average Bonchev–Trinajstić information content (AvgIpc) is 2.57. The lowest BCUT2D eigenvalue weighted by atomic mass is 9.87. The van der Waals surface area contributed by atoms with Crippen molar-refractivity contribution in [3.63, 3.8) is 0 Å². The van der Waals surface area contributed by atoms with Crippen molar-refractivity contribution >= 4 is 15.9 Å². The van der Waals surface area contributed by atoms with Crippen LogP contribution in [0.2, 0.25) is 0 Å². The maximum atomic E-state index is 10.3. The van der Waals surface area contributed by atoms with E-state index in [-0.39, 0.29) is 6.61 Å². The number of hydrogen-bond donors (Lipinski definition) is 2. The zero-order valence-corrected chi connectivity index (χ0v) is 15.6. The summed E-state index contributed by atoms with van der Waals surface area (Å²) in [6.45, 7) is 1.34. The largest absolute Gasteiger partial charge is 0.494 e. The Kier molecular flexibility index (Phi) is 7.85. The number of methoxy groups -OCH3 is 4. The van der Waals surface area contributed by atoms with Gasteiger partial charge < -0.3 is 29.2 Å². The first-order chi connectivity index (χ1) is 10.9. The van der Waals surface area contributed by atoms with Crippen LogP contribution in [0.1, 0.15) is 17.4 Å². The highest BCUT2D eigenvalue weighted by Crippen LogP contribution is 2.40. The molecule has 1 rings (SSSR count). The van der Waals surface area contributed by atoms with Crippen molar-refractivity contribution in [2.24, 2.45) is 0 Å². The SMILES string of the molecule is COCC(OC)(C(O)CO)C(OC)c1ncc(Br)c(C)c1OC. The molecule has 1 heterocycles. The molecule has 23 heavy (non-hydrogen) atoms. The molecule has 1 aromatic rings. The van der Waals surface area contributed by atoms with Gasteiger partial charge in [-0.3, -0.25) is 4.98 Å². The standard InChI is InChI=1S/C15H24BrNO6/c1-9-10(16)6-17-12(13(9)21-3)14(22-4)15(23-5,8-20-2)11(19)7-18/h6,11,14,18-19H,7-8H2,1-5H3. The predicted octanol–water partition coefficient (Wildman–Crippen LogP) is 1.23. The van der Waals surface area contributed by atoms with Crippen molar-refractivity contribution in [1.29, 1.82) is 0 Å². The van der Waals surface area contributed by atoms with E-state index in [4.69, 9.17) is 18.9 Å². The number of ether oxygens (including phenoxy) is 4. The summed E-state index contributed by atoms with van der Waals surface area (Å²) < 4.78 is 22.6. The summed E-state index contributed by atoms with van der Waals surface area (Å²) in [5.41, 5.74) is -0.0683. The number of aromatic nitrogens is 1. The van der Waals surface area contributed by atoms with Crippen LogP contribution in [-0.2, 0) is 14.2 Å². The quantitative estimate of drug-likeness (QED) is 0.651. The second-order valence-corrected chi connectivity index (χ2v) is 5.91. The van der Waals surface area contributed by atoms with Gasteiger partial charge in [0.05, 0.1) is 20.3 Å². The Morgan fingerprint density at radius 1 is 1.30 bits per heavy atom. The fourth-order valence-corrected chi connectivity index (χ4v) is 2.88. The smallest absolute Gasteiger partial charge is 0.151 e. The van der Waals surface area contributed by atoms with E-state index in [0.717, 1.165) is 10.0 Å². The van der Waals surface area contributed by atoms with Gasteiger partial charge in [0.15, 0.2) is 5.60 Å². The van der Waals surface area contributed by atoms with E-state index in [2.05, 4.69) is 20.9 Å². The zero-order valence-electron chi connectivity index (χ0n) is 14.0. The lowest BCUT2D eigenvalue weighted by molar-refractivity contribution is -0.209. The number of hydrogen-bond acceptors (Lipinski definition) is 7.